The molecule has 2 N–H and O–H groups in total. The summed E-state index contributed by atoms with van der Waals surface area (Å²) in [4.78, 5) is 37.5. The second-order valence-electron chi connectivity index (χ2n) is 5.40. The van der Waals surface area contributed by atoms with Gasteiger partial charge in [-0.3, -0.25) is 9.59 Å². The first-order valence-corrected chi connectivity index (χ1v) is 6.68. The van der Waals surface area contributed by atoms with Gasteiger partial charge in [-0.25, -0.2) is 4.79 Å². The number of rotatable bonds is 6. The molecule has 0 spiro atoms. The highest BCUT2D eigenvalue weighted by atomic mass is 16.4. The Bertz CT molecular complexity index is 363. The Labute approximate surface area is 119 Å². The molecule has 0 heterocycles. The normalized spacial score (nSPS) is 10.8. The Kier molecular flexibility index (Phi) is 7.02. The highest BCUT2D eigenvalue weighted by molar-refractivity contribution is 5.86. The van der Waals surface area contributed by atoms with Crippen molar-refractivity contribution in [2.24, 2.45) is 0 Å². The quantitative estimate of drug-likeness (QED) is 0.754. The molecule has 0 radical (unpaired) electrons. The molecule has 7 nitrogen and oxygen atoms in total. The standard InChI is InChI=1S/C13H25N3O4/c1-6-14-10(17)8-15(7-2)12(20)16(9-11(18)19)13(3,4)5/h6-9H2,1-5H3,(H,14,17)(H,18,19). The summed E-state index contributed by atoms with van der Waals surface area (Å²) in [6, 6.07) is -0.450. The minimum Gasteiger partial charge on any atom is -0.480 e. The van der Waals surface area contributed by atoms with E-state index in [0.29, 0.717) is 13.1 Å². The smallest absolute Gasteiger partial charge is 0.323 e. The Morgan fingerprint density at radius 1 is 1.10 bits per heavy atom. The van der Waals surface area contributed by atoms with Crippen LogP contribution in [0.5, 0.6) is 0 Å². The predicted octanol–water partition coefficient (Wildman–Crippen LogP) is 0.750. The zero-order valence-electron chi connectivity index (χ0n) is 12.9. The number of carbonyl (C=O) groups excluding carboxylic acids is 2. The number of carbonyl (C=O) groups is 3. The zero-order valence-corrected chi connectivity index (χ0v) is 12.9. The van der Waals surface area contributed by atoms with Gasteiger partial charge < -0.3 is 20.2 Å². The van der Waals surface area contributed by atoms with Gasteiger partial charge in [0.1, 0.15) is 13.1 Å². The number of nitrogens with zero attached hydrogens (tertiary/aromatic N) is 2. The fourth-order valence-electron chi connectivity index (χ4n) is 1.64. The Balaban J connectivity index is 5.00. The average molecular weight is 287 g/mol. The fraction of sp³-hybridized carbons (Fsp3) is 0.769. The van der Waals surface area contributed by atoms with Gasteiger partial charge in [0, 0.05) is 18.6 Å². The largest absolute Gasteiger partial charge is 0.480 e. The molecule has 0 aliphatic rings. The molecule has 20 heavy (non-hydrogen) atoms. The average Bonchev–Trinajstić information content (AvgIpc) is 2.31. The molecule has 0 aromatic heterocycles. The van der Waals surface area contributed by atoms with Gasteiger partial charge in [0.25, 0.3) is 0 Å². The third-order valence-electron chi connectivity index (χ3n) is 2.69. The molecule has 0 unspecified atom stereocenters. The number of nitrogens with one attached hydrogen (secondary N) is 1. The van der Waals surface area contributed by atoms with E-state index in [4.69, 9.17) is 5.11 Å². The summed E-state index contributed by atoms with van der Waals surface area (Å²) in [5, 5.41) is 11.5. The summed E-state index contributed by atoms with van der Waals surface area (Å²) in [5.41, 5.74) is -0.635. The highest BCUT2D eigenvalue weighted by Crippen LogP contribution is 2.15. The lowest BCUT2D eigenvalue weighted by Gasteiger charge is -2.37. The van der Waals surface area contributed by atoms with Crippen molar-refractivity contribution >= 4 is 17.9 Å². The van der Waals surface area contributed by atoms with E-state index < -0.39 is 24.1 Å². The van der Waals surface area contributed by atoms with Crippen molar-refractivity contribution in [2.45, 2.75) is 40.2 Å². The van der Waals surface area contributed by atoms with E-state index in [1.165, 1.54) is 9.80 Å². The lowest BCUT2D eigenvalue weighted by Crippen LogP contribution is -2.55. The van der Waals surface area contributed by atoms with Crippen molar-refractivity contribution in [3.05, 3.63) is 0 Å². The summed E-state index contributed by atoms with van der Waals surface area (Å²) in [5.74, 6) is -1.34. The number of hydrogen-bond acceptors (Lipinski definition) is 3. The van der Waals surface area contributed by atoms with Crippen molar-refractivity contribution in [1.82, 2.24) is 15.1 Å². The molecule has 0 atom stereocenters. The first-order valence-electron chi connectivity index (χ1n) is 6.68. The number of carboxylic acid groups (broad SMARTS) is 1. The maximum atomic E-state index is 12.4. The first kappa shape index (κ1) is 18.2. The van der Waals surface area contributed by atoms with Gasteiger partial charge in [0.15, 0.2) is 0 Å². The van der Waals surface area contributed by atoms with Crippen LogP contribution in [-0.2, 0) is 9.59 Å². The van der Waals surface area contributed by atoms with Crippen LogP contribution in [0.4, 0.5) is 4.79 Å². The second kappa shape index (κ2) is 7.72. The summed E-state index contributed by atoms with van der Waals surface area (Å²) >= 11 is 0. The number of carboxylic acids is 1. The van der Waals surface area contributed by atoms with Gasteiger partial charge in [-0.05, 0) is 34.6 Å². The molecular weight excluding hydrogens is 262 g/mol. The molecule has 116 valence electrons. The van der Waals surface area contributed by atoms with Crippen LogP contribution in [0.3, 0.4) is 0 Å². The van der Waals surface area contributed by atoms with E-state index in [2.05, 4.69) is 5.32 Å². The molecule has 0 aromatic rings. The third kappa shape index (κ3) is 5.90. The minimum absolute atomic E-state index is 0.0740. The minimum atomic E-state index is -1.08. The van der Waals surface area contributed by atoms with Crippen LogP contribution in [0.1, 0.15) is 34.6 Å². The predicted molar refractivity (Wildman–Crippen MR) is 75.4 cm³/mol. The molecule has 0 saturated carbocycles. The van der Waals surface area contributed by atoms with Crippen LogP contribution in [-0.4, -0.2) is 64.5 Å². The molecule has 7 heteroatoms. The maximum absolute atomic E-state index is 12.4. The van der Waals surface area contributed by atoms with Crippen LogP contribution in [0, 0.1) is 0 Å². The molecule has 0 fully saturated rings. The second-order valence-corrected chi connectivity index (χ2v) is 5.40. The number of urea groups is 1. The van der Waals surface area contributed by atoms with E-state index in [9.17, 15) is 14.4 Å². The molecule has 0 bridgehead atoms. The van der Waals surface area contributed by atoms with Crippen LogP contribution in [0.25, 0.3) is 0 Å². The molecular formula is C13H25N3O4. The SMILES string of the molecule is CCNC(=O)CN(CC)C(=O)N(CC(=O)O)C(C)(C)C. The van der Waals surface area contributed by atoms with E-state index in [1.807, 2.05) is 0 Å². The monoisotopic (exact) mass is 287 g/mol. The molecule has 0 aliphatic carbocycles. The molecule has 0 aromatic carbocycles. The van der Waals surface area contributed by atoms with Crippen LogP contribution >= 0.6 is 0 Å². The third-order valence-corrected chi connectivity index (χ3v) is 2.69. The maximum Gasteiger partial charge on any atom is 0.323 e. The zero-order chi connectivity index (χ0) is 15.9. The van der Waals surface area contributed by atoms with Crippen molar-refractivity contribution in [3.8, 4) is 0 Å². The summed E-state index contributed by atoms with van der Waals surface area (Å²) in [6.45, 7) is 9.17. The van der Waals surface area contributed by atoms with Gasteiger partial charge in [-0.2, -0.15) is 0 Å². The lowest BCUT2D eigenvalue weighted by molar-refractivity contribution is -0.138. The Hall–Kier alpha value is -1.79. The van der Waals surface area contributed by atoms with Crippen LogP contribution in [0.15, 0.2) is 0 Å². The van der Waals surface area contributed by atoms with Gasteiger partial charge in [-0.15, -0.1) is 0 Å². The fourth-order valence-corrected chi connectivity index (χ4v) is 1.64. The number of amides is 3. The van der Waals surface area contributed by atoms with Crippen molar-refractivity contribution in [1.29, 1.82) is 0 Å². The Morgan fingerprint density at radius 3 is 2.00 bits per heavy atom. The summed E-state index contributed by atoms with van der Waals surface area (Å²) in [7, 11) is 0. The van der Waals surface area contributed by atoms with Gasteiger partial charge in [0.05, 0.1) is 0 Å². The lowest BCUT2D eigenvalue weighted by atomic mass is 10.1. The van der Waals surface area contributed by atoms with Crippen molar-refractivity contribution < 1.29 is 19.5 Å². The molecule has 0 aliphatic heterocycles. The molecule has 3 amide bonds. The van der Waals surface area contributed by atoms with Crippen LogP contribution in [0.2, 0.25) is 0 Å². The van der Waals surface area contributed by atoms with Crippen LogP contribution < -0.4 is 5.32 Å². The highest BCUT2D eigenvalue weighted by Gasteiger charge is 2.31. The molecule has 0 saturated heterocycles. The first-order chi connectivity index (χ1) is 9.13. The van der Waals surface area contributed by atoms with Gasteiger partial charge in [-0.1, -0.05) is 0 Å². The topological polar surface area (TPSA) is 90.0 Å². The van der Waals surface area contributed by atoms with E-state index in [1.54, 1.807) is 34.6 Å². The van der Waals surface area contributed by atoms with Crippen molar-refractivity contribution in [2.75, 3.05) is 26.2 Å². The molecule has 0 rings (SSSR count). The van der Waals surface area contributed by atoms with Gasteiger partial charge >= 0.3 is 12.0 Å². The van der Waals surface area contributed by atoms with E-state index in [0.717, 1.165) is 0 Å². The summed E-state index contributed by atoms with van der Waals surface area (Å²) < 4.78 is 0. The van der Waals surface area contributed by atoms with Gasteiger partial charge in [0.2, 0.25) is 5.91 Å². The Morgan fingerprint density at radius 2 is 1.65 bits per heavy atom. The summed E-state index contributed by atoms with van der Waals surface area (Å²) in [6.07, 6.45) is 0. The number of hydrogen-bond donors (Lipinski definition) is 2. The number of likely N-dealkylation sites (N-methyl/N-ethyl adjacent to an activating group) is 2. The van der Waals surface area contributed by atoms with Crippen molar-refractivity contribution in [3.63, 3.8) is 0 Å². The van der Waals surface area contributed by atoms with E-state index >= 15 is 0 Å². The number of aliphatic carboxylic acids is 1. The van der Waals surface area contributed by atoms with E-state index in [-0.39, 0.29) is 12.5 Å².